The lowest BCUT2D eigenvalue weighted by Gasteiger charge is -2.29. The topological polar surface area (TPSA) is 58.6 Å². The van der Waals surface area contributed by atoms with Crippen LogP contribution in [0.3, 0.4) is 0 Å². The van der Waals surface area contributed by atoms with E-state index >= 15 is 0 Å². The summed E-state index contributed by atoms with van der Waals surface area (Å²) in [6, 6.07) is 18.0. The van der Waals surface area contributed by atoms with Crippen molar-refractivity contribution in [1.29, 1.82) is 0 Å². The van der Waals surface area contributed by atoms with Crippen molar-refractivity contribution in [2.45, 2.75) is 45.8 Å². The maximum absolute atomic E-state index is 13.3. The van der Waals surface area contributed by atoms with Gasteiger partial charge >= 0.3 is 0 Å². The van der Waals surface area contributed by atoms with Gasteiger partial charge in [0.15, 0.2) is 6.61 Å². The standard InChI is InChI=1S/C26H28Cl2N2O3/c1-4-17(2)29-26(32)18(3)30(15-19-12-13-22(27)23(28)14-19)25(31)16-33-24-11-7-9-20-8-5-6-10-21(20)24/h5-14,17-18H,4,15-16H2,1-3H3,(H,29,32)/t17-,18+/m0/s1. The second-order valence-corrected chi connectivity index (χ2v) is 8.84. The summed E-state index contributed by atoms with van der Waals surface area (Å²) >= 11 is 12.2. The number of amides is 2. The summed E-state index contributed by atoms with van der Waals surface area (Å²) in [5.41, 5.74) is 0.770. The summed E-state index contributed by atoms with van der Waals surface area (Å²) in [4.78, 5) is 27.6. The van der Waals surface area contributed by atoms with E-state index in [0.717, 1.165) is 22.8 Å². The second kappa shape index (κ2) is 11.4. The van der Waals surface area contributed by atoms with E-state index in [-0.39, 0.29) is 31.0 Å². The molecule has 0 fully saturated rings. The van der Waals surface area contributed by atoms with Gasteiger partial charge in [-0.1, -0.05) is 72.6 Å². The number of nitrogens with one attached hydrogen (secondary N) is 1. The lowest BCUT2D eigenvalue weighted by atomic mass is 10.1. The SMILES string of the molecule is CC[C@H](C)NC(=O)[C@@H](C)N(Cc1ccc(Cl)c(Cl)c1)C(=O)COc1cccc2ccccc12. The Morgan fingerprint density at radius 2 is 1.73 bits per heavy atom. The molecule has 0 heterocycles. The zero-order valence-electron chi connectivity index (χ0n) is 19.0. The summed E-state index contributed by atoms with van der Waals surface area (Å²) < 4.78 is 5.90. The third kappa shape index (κ3) is 6.40. The molecule has 33 heavy (non-hydrogen) atoms. The van der Waals surface area contributed by atoms with Crippen molar-refractivity contribution in [3.8, 4) is 5.75 Å². The van der Waals surface area contributed by atoms with E-state index in [1.54, 1.807) is 25.1 Å². The Hall–Kier alpha value is -2.76. The van der Waals surface area contributed by atoms with Gasteiger partial charge in [0.05, 0.1) is 10.0 Å². The molecule has 174 valence electrons. The molecular formula is C26H28Cl2N2O3. The van der Waals surface area contributed by atoms with Gasteiger partial charge in [0.1, 0.15) is 11.8 Å². The second-order valence-electron chi connectivity index (χ2n) is 8.03. The number of carbonyl (C=O) groups excluding carboxylic acids is 2. The normalized spacial score (nSPS) is 12.8. The third-order valence-electron chi connectivity index (χ3n) is 5.61. The number of ether oxygens (including phenoxy) is 1. The van der Waals surface area contributed by atoms with Gasteiger partial charge in [0.25, 0.3) is 5.91 Å². The monoisotopic (exact) mass is 486 g/mol. The van der Waals surface area contributed by atoms with Gasteiger partial charge in [-0.25, -0.2) is 0 Å². The fraction of sp³-hybridized carbons (Fsp3) is 0.308. The molecule has 0 aliphatic carbocycles. The number of fused-ring (bicyclic) bond motifs is 1. The summed E-state index contributed by atoms with van der Waals surface area (Å²) in [6.45, 7) is 5.64. The van der Waals surface area contributed by atoms with Crippen molar-refractivity contribution in [1.82, 2.24) is 10.2 Å². The average molecular weight is 487 g/mol. The molecule has 0 saturated heterocycles. The fourth-order valence-corrected chi connectivity index (χ4v) is 3.75. The minimum absolute atomic E-state index is 0.00816. The highest BCUT2D eigenvalue weighted by molar-refractivity contribution is 6.42. The minimum atomic E-state index is -0.697. The van der Waals surface area contributed by atoms with Crippen LogP contribution in [0, 0.1) is 0 Å². The van der Waals surface area contributed by atoms with E-state index in [4.69, 9.17) is 27.9 Å². The molecule has 0 aliphatic heterocycles. The van der Waals surface area contributed by atoms with E-state index in [0.29, 0.717) is 15.8 Å². The summed E-state index contributed by atoms with van der Waals surface area (Å²) in [6.07, 6.45) is 0.795. The van der Waals surface area contributed by atoms with Gasteiger partial charge in [-0.3, -0.25) is 9.59 Å². The number of halogens is 2. The highest BCUT2D eigenvalue weighted by atomic mass is 35.5. The van der Waals surface area contributed by atoms with Gasteiger partial charge in [-0.05, 0) is 49.4 Å². The highest BCUT2D eigenvalue weighted by Gasteiger charge is 2.27. The quantitative estimate of drug-likeness (QED) is 0.412. The molecule has 0 aliphatic rings. The van der Waals surface area contributed by atoms with Gasteiger partial charge in [-0.2, -0.15) is 0 Å². The first-order valence-electron chi connectivity index (χ1n) is 10.9. The van der Waals surface area contributed by atoms with Crippen LogP contribution in [0.1, 0.15) is 32.8 Å². The fourth-order valence-electron chi connectivity index (χ4n) is 3.43. The maximum Gasteiger partial charge on any atom is 0.261 e. The molecule has 1 N–H and O–H groups in total. The third-order valence-corrected chi connectivity index (χ3v) is 6.35. The van der Waals surface area contributed by atoms with Crippen molar-refractivity contribution in [3.05, 3.63) is 76.3 Å². The lowest BCUT2D eigenvalue weighted by Crippen LogP contribution is -2.50. The largest absolute Gasteiger partial charge is 0.483 e. The molecule has 7 heteroatoms. The zero-order valence-corrected chi connectivity index (χ0v) is 20.5. The molecule has 2 amide bonds. The molecular weight excluding hydrogens is 459 g/mol. The number of benzene rings is 3. The van der Waals surface area contributed by atoms with E-state index in [1.165, 1.54) is 4.90 Å². The molecule has 0 aromatic heterocycles. The molecule has 0 spiro atoms. The Morgan fingerprint density at radius 1 is 1.00 bits per heavy atom. The predicted octanol–water partition coefficient (Wildman–Crippen LogP) is 5.86. The first-order chi connectivity index (χ1) is 15.8. The number of rotatable bonds is 9. The van der Waals surface area contributed by atoms with Gasteiger partial charge < -0.3 is 15.0 Å². The smallest absolute Gasteiger partial charge is 0.261 e. The highest BCUT2D eigenvalue weighted by Crippen LogP contribution is 2.26. The summed E-state index contributed by atoms with van der Waals surface area (Å²) in [7, 11) is 0. The summed E-state index contributed by atoms with van der Waals surface area (Å²) in [5, 5.41) is 5.72. The summed E-state index contributed by atoms with van der Waals surface area (Å²) in [5.74, 6) is 0.0939. The lowest BCUT2D eigenvalue weighted by molar-refractivity contribution is -0.142. The van der Waals surface area contributed by atoms with Crippen LogP contribution in [-0.4, -0.2) is 35.4 Å². The van der Waals surface area contributed by atoms with Crippen molar-refractivity contribution in [2.24, 2.45) is 0 Å². The molecule has 3 aromatic rings. The molecule has 0 bridgehead atoms. The first-order valence-corrected chi connectivity index (χ1v) is 11.7. The Kier molecular flexibility index (Phi) is 8.59. The van der Waals surface area contributed by atoms with Crippen molar-refractivity contribution in [3.63, 3.8) is 0 Å². The van der Waals surface area contributed by atoms with Crippen molar-refractivity contribution < 1.29 is 14.3 Å². The van der Waals surface area contributed by atoms with Gasteiger partial charge in [0.2, 0.25) is 5.91 Å². The Bertz CT molecular complexity index is 1130. The Balaban J connectivity index is 1.81. The molecule has 0 radical (unpaired) electrons. The van der Waals surface area contributed by atoms with Crippen molar-refractivity contribution in [2.75, 3.05) is 6.61 Å². The minimum Gasteiger partial charge on any atom is -0.483 e. The van der Waals surface area contributed by atoms with Crippen LogP contribution >= 0.6 is 23.2 Å². The van der Waals surface area contributed by atoms with Gasteiger partial charge in [0, 0.05) is 18.0 Å². The average Bonchev–Trinajstić information content (AvgIpc) is 2.82. The van der Waals surface area contributed by atoms with Crippen LogP contribution in [0.15, 0.2) is 60.7 Å². The van der Waals surface area contributed by atoms with E-state index in [9.17, 15) is 9.59 Å². The van der Waals surface area contributed by atoms with Crippen LogP contribution < -0.4 is 10.1 Å². The molecule has 3 rings (SSSR count). The number of hydrogen-bond acceptors (Lipinski definition) is 3. The molecule has 2 atom stereocenters. The number of nitrogens with zero attached hydrogens (tertiary/aromatic N) is 1. The van der Waals surface area contributed by atoms with Crippen molar-refractivity contribution >= 4 is 45.8 Å². The van der Waals surface area contributed by atoms with Crippen LogP contribution in [0.2, 0.25) is 10.0 Å². The molecule has 0 unspecified atom stereocenters. The number of hydrogen-bond donors (Lipinski definition) is 1. The maximum atomic E-state index is 13.3. The van der Waals surface area contributed by atoms with Crippen LogP contribution in [0.25, 0.3) is 10.8 Å². The van der Waals surface area contributed by atoms with E-state index in [1.807, 2.05) is 56.3 Å². The van der Waals surface area contributed by atoms with Crippen LogP contribution in [0.5, 0.6) is 5.75 Å². The first kappa shape index (κ1) is 24.9. The molecule has 0 saturated carbocycles. The van der Waals surface area contributed by atoms with Crippen LogP contribution in [0.4, 0.5) is 0 Å². The zero-order chi connectivity index (χ0) is 24.0. The molecule has 5 nitrogen and oxygen atoms in total. The Morgan fingerprint density at radius 3 is 2.45 bits per heavy atom. The van der Waals surface area contributed by atoms with Crippen LogP contribution in [-0.2, 0) is 16.1 Å². The van der Waals surface area contributed by atoms with E-state index in [2.05, 4.69) is 5.32 Å². The van der Waals surface area contributed by atoms with E-state index < -0.39 is 6.04 Å². The Labute approximate surface area is 204 Å². The molecule has 3 aromatic carbocycles. The predicted molar refractivity (Wildman–Crippen MR) is 134 cm³/mol. The van der Waals surface area contributed by atoms with Gasteiger partial charge in [-0.15, -0.1) is 0 Å². The number of carbonyl (C=O) groups is 2.